The van der Waals surface area contributed by atoms with E-state index in [0.717, 1.165) is 42.4 Å². The molecule has 0 aromatic carbocycles. The van der Waals surface area contributed by atoms with Gasteiger partial charge in [0.15, 0.2) is 0 Å². The lowest BCUT2D eigenvalue weighted by Crippen LogP contribution is -2.47. The standard InChI is InChI=1S/C14H13BrN6/c15-12-8-11(9-16)13(19-10-12)20-4-6-21(7-5-20)14-17-2-1-3-18-14/h1-3,8,10H,4-7H2. The van der Waals surface area contributed by atoms with Crippen LogP contribution in [0.1, 0.15) is 5.56 Å². The van der Waals surface area contributed by atoms with Crippen LogP contribution in [-0.4, -0.2) is 41.1 Å². The van der Waals surface area contributed by atoms with Crippen molar-refractivity contribution in [1.82, 2.24) is 15.0 Å². The van der Waals surface area contributed by atoms with Crippen molar-refractivity contribution in [3.8, 4) is 6.07 Å². The van der Waals surface area contributed by atoms with Crippen molar-refractivity contribution in [2.24, 2.45) is 0 Å². The van der Waals surface area contributed by atoms with Crippen LogP contribution in [-0.2, 0) is 0 Å². The van der Waals surface area contributed by atoms with Gasteiger partial charge in [-0.2, -0.15) is 5.26 Å². The van der Waals surface area contributed by atoms with Gasteiger partial charge in [-0.1, -0.05) is 0 Å². The molecular weight excluding hydrogens is 332 g/mol. The summed E-state index contributed by atoms with van der Waals surface area (Å²) in [4.78, 5) is 17.2. The first-order valence-electron chi connectivity index (χ1n) is 6.60. The molecule has 3 rings (SSSR count). The van der Waals surface area contributed by atoms with E-state index in [-0.39, 0.29) is 0 Å². The fourth-order valence-corrected chi connectivity index (χ4v) is 2.67. The minimum absolute atomic E-state index is 0.591. The van der Waals surface area contributed by atoms with Crippen LogP contribution < -0.4 is 9.80 Å². The molecule has 0 spiro atoms. The molecule has 0 saturated carbocycles. The second-order valence-corrected chi connectivity index (χ2v) is 5.58. The average Bonchev–Trinajstić information content (AvgIpc) is 2.56. The van der Waals surface area contributed by atoms with E-state index in [4.69, 9.17) is 0 Å². The molecule has 1 aliphatic rings. The number of piperazine rings is 1. The molecule has 2 aromatic heterocycles. The Labute approximate surface area is 131 Å². The van der Waals surface area contributed by atoms with Crippen molar-refractivity contribution in [3.63, 3.8) is 0 Å². The first-order chi connectivity index (χ1) is 10.3. The first kappa shape index (κ1) is 13.8. The van der Waals surface area contributed by atoms with Crippen LogP contribution in [0.25, 0.3) is 0 Å². The summed E-state index contributed by atoms with van der Waals surface area (Å²) in [6.45, 7) is 3.21. The van der Waals surface area contributed by atoms with Gasteiger partial charge in [0.1, 0.15) is 11.9 Å². The molecule has 0 aliphatic carbocycles. The van der Waals surface area contributed by atoms with Crippen LogP contribution in [0.4, 0.5) is 11.8 Å². The quantitative estimate of drug-likeness (QED) is 0.827. The number of aromatic nitrogens is 3. The fraction of sp³-hybridized carbons (Fsp3) is 0.286. The number of hydrogen-bond donors (Lipinski definition) is 0. The van der Waals surface area contributed by atoms with Gasteiger partial charge in [0.25, 0.3) is 0 Å². The van der Waals surface area contributed by atoms with E-state index in [1.807, 2.05) is 6.07 Å². The first-order valence-corrected chi connectivity index (χ1v) is 7.40. The van der Waals surface area contributed by atoms with Crippen LogP contribution in [0.2, 0.25) is 0 Å². The van der Waals surface area contributed by atoms with Crippen LogP contribution in [0.5, 0.6) is 0 Å². The fourth-order valence-electron chi connectivity index (χ4n) is 2.34. The Morgan fingerprint density at radius 1 is 1.05 bits per heavy atom. The number of rotatable bonds is 2. The molecule has 0 atom stereocenters. The maximum absolute atomic E-state index is 9.24. The number of hydrogen-bond acceptors (Lipinski definition) is 6. The highest BCUT2D eigenvalue weighted by molar-refractivity contribution is 9.10. The highest BCUT2D eigenvalue weighted by atomic mass is 79.9. The lowest BCUT2D eigenvalue weighted by Gasteiger charge is -2.35. The minimum Gasteiger partial charge on any atom is -0.352 e. The molecule has 0 amide bonds. The Bertz CT molecular complexity index is 661. The molecule has 6 nitrogen and oxygen atoms in total. The molecule has 21 heavy (non-hydrogen) atoms. The van der Waals surface area contributed by atoms with Crippen molar-refractivity contribution in [3.05, 3.63) is 40.8 Å². The van der Waals surface area contributed by atoms with Crippen LogP contribution in [0.15, 0.2) is 35.2 Å². The normalized spacial score (nSPS) is 14.9. The van der Waals surface area contributed by atoms with Gasteiger partial charge < -0.3 is 9.80 Å². The topological polar surface area (TPSA) is 68.9 Å². The molecule has 7 heteroatoms. The van der Waals surface area contributed by atoms with Gasteiger partial charge in [0, 0.05) is 49.2 Å². The summed E-state index contributed by atoms with van der Waals surface area (Å²) in [5, 5.41) is 9.24. The molecule has 2 aromatic rings. The third-order valence-electron chi connectivity index (χ3n) is 3.37. The van der Waals surface area contributed by atoms with Gasteiger partial charge in [-0.15, -0.1) is 0 Å². The van der Waals surface area contributed by atoms with Gasteiger partial charge in [-0.3, -0.25) is 0 Å². The predicted molar refractivity (Wildman–Crippen MR) is 83.1 cm³/mol. The van der Waals surface area contributed by atoms with E-state index < -0.39 is 0 Å². The highest BCUT2D eigenvalue weighted by Gasteiger charge is 2.21. The van der Waals surface area contributed by atoms with Crippen molar-refractivity contribution in [1.29, 1.82) is 5.26 Å². The molecular formula is C14H13BrN6. The van der Waals surface area contributed by atoms with Crippen molar-refractivity contribution >= 4 is 27.7 Å². The van der Waals surface area contributed by atoms with E-state index in [1.54, 1.807) is 24.7 Å². The third-order valence-corrected chi connectivity index (χ3v) is 3.80. The number of nitriles is 1. The van der Waals surface area contributed by atoms with E-state index >= 15 is 0 Å². The molecule has 0 unspecified atom stereocenters. The smallest absolute Gasteiger partial charge is 0.225 e. The van der Waals surface area contributed by atoms with E-state index in [1.165, 1.54) is 0 Å². The minimum atomic E-state index is 0.591. The molecule has 0 N–H and O–H groups in total. The zero-order valence-electron chi connectivity index (χ0n) is 11.3. The van der Waals surface area contributed by atoms with Gasteiger partial charge in [0.2, 0.25) is 5.95 Å². The lowest BCUT2D eigenvalue weighted by molar-refractivity contribution is 0.634. The zero-order chi connectivity index (χ0) is 14.7. The summed E-state index contributed by atoms with van der Waals surface area (Å²) >= 11 is 3.34. The maximum Gasteiger partial charge on any atom is 0.225 e. The van der Waals surface area contributed by atoms with Gasteiger partial charge in [-0.25, -0.2) is 15.0 Å². The zero-order valence-corrected chi connectivity index (χ0v) is 12.9. The summed E-state index contributed by atoms with van der Waals surface area (Å²) in [5.74, 6) is 1.50. The molecule has 1 aliphatic heterocycles. The van der Waals surface area contributed by atoms with Crippen molar-refractivity contribution in [2.45, 2.75) is 0 Å². The molecule has 3 heterocycles. The largest absolute Gasteiger partial charge is 0.352 e. The van der Waals surface area contributed by atoms with Gasteiger partial charge in [0.05, 0.1) is 5.56 Å². The second kappa shape index (κ2) is 6.06. The monoisotopic (exact) mass is 344 g/mol. The number of halogens is 1. The maximum atomic E-state index is 9.24. The van der Waals surface area contributed by atoms with Crippen LogP contribution in [0, 0.1) is 11.3 Å². The SMILES string of the molecule is N#Cc1cc(Br)cnc1N1CCN(c2ncccn2)CC1. The van der Waals surface area contributed by atoms with Crippen molar-refractivity contribution < 1.29 is 0 Å². The Morgan fingerprint density at radius 2 is 1.71 bits per heavy atom. The summed E-state index contributed by atoms with van der Waals surface area (Å²) in [6.07, 6.45) is 5.22. The number of nitrogens with zero attached hydrogens (tertiary/aromatic N) is 6. The second-order valence-electron chi connectivity index (χ2n) is 4.66. The van der Waals surface area contributed by atoms with E-state index in [9.17, 15) is 5.26 Å². The highest BCUT2D eigenvalue weighted by Crippen LogP contribution is 2.22. The van der Waals surface area contributed by atoms with E-state index in [0.29, 0.717) is 5.56 Å². The molecule has 0 radical (unpaired) electrons. The van der Waals surface area contributed by atoms with Crippen LogP contribution in [0.3, 0.4) is 0 Å². The Balaban J connectivity index is 1.73. The summed E-state index contributed by atoms with van der Waals surface area (Å²) in [5.41, 5.74) is 0.591. The predicted octanol–water partition coefficient (Wildman–Crippen LogP) is 1.83. The lowest BCUT2D eigenvalue weighted by atomic mass is 10.2. The number of pyridine rings is 1. The Kier molecular flexibility index (Phi) is 3.97. The number of anilines is 2. The summed E-state index contributed by atoms with van der Waals surface area (Å²) in [6, 6.07) is 5.81. The molecule has 0 bridgehead atoms. The summed E-state index contributed by atoms with van der Waals surface area (Å²) < 4.78 is 0.819. The van der Waals surface area contributed by atoms with Gasteiger partial charge >= 0.3 is 0 Å². The Morgan fingerprint density at radius 3 is 2.38 bits per heavy atom. The van der Waals surface area contributed by atoms with Crippen LogP contribution >= 0.6 is 15.9 Å². The van der Waals surface area contributed by atoms with Crippen molar-refractivity contribution in [2.75, 3.05) is 36.0 Å². The third kappa shape index (κ3) is 2.95. The Hall–Kier alpha value is -2.20. The van der Waals surface area contributed by atoms with Gasteiger partial charge in [-0.05, 0) is 28.1 Å². The molecule has 1 fully saturated rings. The summed E-state index contributed by atoms with van der Waals surface area (Å²) in [7, 11) is 0. The molecule has 1 saturated heterocycles. The average molecular weight is 345 g/mol. The van der Waals surface area contributed by atoms with E-state index in [2.05, 4.69) is 46.8 Å². The molecule has 106 valence electrons.